The zero-order chi connectivity index (χ0) is 10.5. The molecule has 0 saturated carbocycles. The fourth-order valence-corrected chi connectivity index (χ4v) is 1.41. The van der Waals surface area contributed by atoms with E-state index in [1.807, 2.05) is 0 Å². The molecule has 0 fully saturated rings. The van der Waals surface area contributed by atoms with E-state index in [2.05, 4.69) is 11.3 Å². The van der Waals surface area contributed by atoms with Crippen molar-refractivity contribution in [1.82, 2.24) is 13.7 Å². The van der Waals surface area contributed by atoms with Crippen molar-refractivity contribution in [2.45, 2.75) is 0 Å². The van der Waals surface area contributed by atoms with Crippen LogP contribution in [0.15, 0.2) is 9.59 Å². The average Bonchev–Trinajstić information content (AvgIpc) is 2.54. The minimum absolute atomic E-state index is 0.348. The second-order valence-electron chi connectivity index (χ2n) is 3.15. The molecule has 0 aliphatic rings. The van der Waals surface area contributed by atoms with Crippen molar-refractivity contribution in [1.29, 1.82) is 0 Å². The first-order valence-corrected chi connectivity index (χ1v) is 4.04. The van der Waals surface area contributed by atoms with Gasteiger partial charge in [0.2, 0.25) is 0 Å². The van der Waals surface area contributed by atoms with Gasteiger partial charge in [-0.25, -0.2) is 13.9 Å². The Morgan fingerprint density at radius 1 is 1.14 bits per heavy atom. The molecule has 2 aromatic rings. The van der Waals surface area contributed by atoms with E-state index in [-0.39, 0.29) is 11.2 Å². The van der Waals surface area contributed by atoms with E-state index in [0.29, 0.717) is 11.2 Å². The molecule has 0 aliphatic carbocycles. The third kappa shape index (κ3) is 0.836. The molecule has 0 bridgehead atoms. The zero-order valence-corrected chi connectivity index (χ0v) is 8.11. The third-order valence-corrected chi connectivity index (χ3v) is 2.25. The third-order valence-electron chi connectivity index (χ3n) is 2.25. The standard InChI is InChI=1S/C8H9N4O2/c1-10-4-9-6-5(10)7(13)12(3)8(14)11(6)2/h1-3H3/q+1. The normalized spacial score (nSPS) is 10.5. The van der Waals surface area contributed by atoms with Crippen LogP contribution in [-0.2, 0) is 21.1 Å². The highest BCUT2D eigenvalue weighted by molar-refractivity contribution is 5.65. The maximum Gasteiger partial charge on any atom is 0.389 e. The summed E-state index contributed by atoms with van der Waals surface area (Å²) in [5.41, 5.74) is 0.0177. The molecule has 0 aromatic carbocycles. The van der Waals surface area contributed by atoms with Gasteiger partial charge in [-0.05, 0) is 0 Å². The molecule has 2 aromatic heterocycles. The van der Waals surface area contributed by atoms with Crippen LogP contribution in [0.3, 0.4) is 0 Å². The number of aromatic nitrogens is 4. The summed E-state index contributed by atoms with van der Waals surface area (Å²) in [6, 6.07) is 0. The molecule has 0 unspecified atom stereocenters. The van der Waals surface area contributed by atoms with Crippen LogP contribution in [0.25, 0.3) is 11.2 Å². The number of nitrogens with zero attached hydrogens (tertiary/aromatic N) is 4. The van der Waals surface area contributed by atoms with E-state index in [4.69, 9.17) is 0 Å². The van der Waals surface area contributed by atoms with Gasteiger partial charge >= 0.3 is 23.2 Å². The van der Waals surface area contributed by atoms with Crippen molar-refractivity contribution >= 4 is 11.2 Å². The van der Waals surface area contributed by atoms with Crippen LogP contribution in [-0.4, -0.2) is 13.7 Å². The largest absolute Gasteiger partial charge is 0.389 e. The molecule has 6 nitrogen and oxygen atoms in total. The molecule has 14 heavy (non-hydrogen) atoms. The Morgan fingerprint density at radius 2 is 1.79 bits per heavy atom. The second-order valence-corrected chi connectivity index (χ2v) is 3.15. The molecule has 0 radical (unpaired) electrons. The Hall–Kier alpha value is -2.03. The summed E-state index contributed by atoms with van der Waals surface area (Å²) in [4.78, 5) is 27.0. The zero-order valence-electron chi connectivity index (χ0n) is 8.11. The lowest BCUT2D eigenvalue weighted by Crippen LogP contribution is -2.38. The number of fused-ring (bicyclic) bond motifs is 1. The maximum atomic E-state index is 11.7. The van der Waals surface area contributed by atoms with Gasteiger partial charge in [0.05, 0.1) is 14.1 Å². The lowest BCUT2D eigenvalue weighted by atomic mass is 10.5. The van der Waals surface area contributed by atoms with Gasteiger partial charge < -0.3 is 0 Å². The summed E-state index contributed by atoms with van der Waals surface area (Å²) in [5.74, 6) is 0. The van der Waals surface area contributed by atoms with Crippen molar-refractivity contribution in [3.8, 4) is 0 Å². The highest BCUT2D eigenvalue weighted by Crippen LogP contribution is 1.95. The minimum atomic E-state index is -0.380. The van der Waals surface area contributed by atoms with Crippen LogP contribution in [0.4, 0.5) is 0 Å². The highest BCUT2D eigenvalue weighted by atomic mass is 16.2. The Bertz CT molecular complexity index is 617. The van der Waals surface area contributed by atoms with Crippen LogP contribution in [0.1, 0.15) is 0 Å². The van der Waals surface area contributed by atoms with E-state index < -0.39 is 0 Å². The maximum absolute atomic E-state index is 11.7. The van der Waals surface area contributed by atoms with E-state index in [1.54, 1.807) is 14.1 Å². The number of hydrogen-bond acceptors (Lipinski definition) is 2. The van der Waals surface area contributed by atoms with E-state index in [0.717, 1.165) is 4.57 Å². The lowest BCUT2D eigenvalue weighted by molar-refractivity contribution is -0.264. The average molecular weight is 193 g/mol. The highest BCUT2D eigenvalue weighted by Gasteiger charge is 2.19. The van der Waals surface area contributed by atoms with Gasteiger partial charge in [0.25, 0.3) is 5.52 Å². The molecule has 0 atom stereocenters. The summed E-state index contributed by atoms with van der Waals surface area (Å²) in [6.45, 7) is 0. The van der Waals surface area contributed by atoms with Crippen LogP contribution in [0.2, 0.25) is 0 Å². The Morgan fingerprint density at radius 3 is 2.43 bits per heavy atom. The van der Waals surface area contributed by atoms with Crippen molar-refractivity contribution in [3.05, 3.63) is 27.2 Å². The SMILES string of the molecule is Cn1c(=O)c2c([n+]#cn2C)n(C)c1=O. The van der Waals surface area contributed by atoms with Gasteiger partial charge in [-0.3, -0.25) is 4.79 Å². The Labute approximate surface area is 79.0 Å². The Kier molecular flexibility index (Phi) is 1.52. The lowest BCUT2D eigenvalue weighted by Gasteiger charge is -1.95. The van der Waals surface area contributed by atoms with Crippen LogP contribution in [0.5, 0.6) is 0 Å². The van der Waals surface area contributed by atoms with Crippen LogP contribution < -0.4 is 16.2 Å². The molecule has 0 spiro atoms. The molecule has 2 rings (SSSR count). The van der Waals surface area contributed by atoms with Crippen molar-refractivity contribution in [2.24, 2.45) is 21.1 Å². The van der Waals surface area contributed by atoms with Crippen LogP contribution >= 0.6 is 0 Å². The summed E-state index contributed by atoms with van der Waals surface area (Å²) >= 11 is 0. The molecule has 2 heterocycles. The summed E-state index contributed by atoms with van der Waals surface area (Å²) in [6.07, 6.45) is 2.61. The minimum Gasteiger partial charge on any atom is -0.265 e. The number of rotatable bonds is 0. The molecule has 6 heteroatoms. The molecule has 72 valence electrons. The first-order chi connectivity index (χ1) is 6.54. The second kappa shape index (κ2) is 2.48. The molecule has 0 N–H and O–H groups in total. The molecular formula is C8H9N4O2+. The van der Waals surface area contributed by atoms with E-state index in [1.165, 1.54) is 16.2 Å². The number of hydrogen-bond donors (Lipinski definition) is 0. The van der Waals surface area contributed by atoms with Gasteiger partial charge in [-0.2, -0.15) is 9.55 Å². The number of aryl methyl sites for hydroxylation is 2. The van der Waals surface area contributed by atoms with Gasteiger partial charge in [0.1, 0.15) is 0 Å². The van der Waals surface area contributed by atoms with Crippen molar-refractivity contribution in [3.63, 3.8) is 0 Å². The molecule has 0 aliphatic heterocycles. The summed E-state index contributed by atoms with van der Waals surface area (Å²) < 4.78 is 3.86. The van der Waals surface area contributed by atoms with Gasteiger partial charge in [0.15, 0.2) is 0 Å². The fourth-order valence-electron chi connectivity index (χ4n) is 1.41. The molecule has 0 saturated heterocycles. The first-order valence-electron chi connectivity index (χ1n) is 4.04. The molecule has 0 amide bonds. The monoisotopic (exact) mass is 193 g/mol. The van der Waals surface area contributed by atoms with Crippen molar-refractivity contribution in [2.75, 3.05) is 0 Å². The van der Waals surface area contributed by atoms with Gasteiger partial charge in [0, 0.05) is 7.05 Å². The van der Waals surface area contributed by atoms with Crippen LogP contribution in [0, 0.1) is 6.33 Å². The predicted molar refractivity (Wildman–Crippen MR) is 47.8 cm³/mol. The van der Waals surface area contributed by atoms with Crippen molar-refractivity contribution < 1.29 is 4.98 Å². The molecular weight excluding hydrogens is 184 g/mol. The van der Waals surface area contributed by atoms with E-state index in [9.17, 15) is 9.59 Å². The predicted octanol–water partition coefficient (Wildman–Crippen LogP) is -2.02. The topological polar surface area (TPSA) is 63.0 Å². The Balaban J connectivity index is 3.22. The van der Waals surface area contributed by atoms with E-state index >= 15 is 0 Å². The smallest absolute Gasteiger partial charge is 0.265 e. The first kappa shape index (κ1) is 8.56. The van der Waals surface area contributed by atoms with Gasteiger partial charge in [-0.1, -0.05) is 0 Å². The van der Waals surface area contributed by atoms with Gasteiger partial charge in [-0.15, -0.1) is 0 Å². The fraction of sp³-hybridized carbons (Fsp3) is 0.375. The quantitative estimate of drug-likeness (QED) is 0.485. The summed E-state index contributed by atoms with van der Waals surface area (Å²) in [5, 5.41) is 0. The summed E-state index contributed by atoms with van der Waals surface area (Å²) in [7, 11) is 4.68.